The number of hydrogen-bond acceptors (Lipinski definition) is 5. The van der Waals surface area contributed by atoms with E-state index in [4.69, 9.17) is 9.47 Å². The molecule has 0 amide bonds. The van der Waals surface area contributed by atoms with Gasteiger partial charge in [0.1, 0.15) is 11.6 Å². The van der Waals surface area contributed by atoms with Crippen molar-refractivity contribution >= 4 is 0 Å². The van der Waals surface area contributed by atoms with Gasteiger partial charge in [0.05, 0.1) is 25.0 Å². The second-order valence-corrected chi connectivity index (χ2v) is 4.46. The number of ether oxygens (including phenoxy) is 2. The average Bonchev–Trinajstić information content (AvgIpc) is 2.51. The third-order valence-corrected chi connectivity index (χ3v) is 2.95. The average molecular weight is 289 g/mol. The van der Waals surface area contributed by atoms with E-state index in [1.54, 1.807) is 14.2 Å². The summed E-state index contributed by atoms with van der Waals surface area (Å²) in [7, 11) is 3.24. The van der Waals surface area contributed by atoms with Gasteiger partial charge in [-0.1, -0.05) is 12.1 Å². The molecule has 0 aliphatic carbocycles. The second kappa shape index (κ2) is 7.56. The van der Waals surface area contributed by atoms with E-state index in [9.17, 15) is 4.79 Å². The Kier molecular flexibility index (Phi) is 5.48. The smallest absolute Gasteiger partial charge is 0.251 e. The van der Waals surface area contributed by atoms with Crippen LogP contribution in [0.1, 0.15) is 5.69 Å². The van der Waals surface area contributed by atoms with Crippen molar-refractivity contribution < 1.29 is 9.47 Å². The van der Waals surface area contributed by atoms with Crippen LogP contribution in [0, 0.1) is 0 Å². The Balaban J connectivity index is 2.24. The van der Waals surface area contributed by atoms with Crippen LogP contribution >= 0.6 is 0 Å². The summed E-state index contributed by atoms with van der Waals surface area (Å²) in [4.78, 5) is 19.0. The van der Waals surface area contributed by atoms with Gasteiger partial charge in [-0.05, 0) is 12.1 Å². The highest BCUT2D eigenvalue weighted by molar-refractivity contribution is 5.63. The highest BCUT2D eigenvalue weighted by atomic mass is 16.5. The van der Waals surface area contributed by atoms with Crippen molar-refractivity contribution in [2.75, 3.05) is 27.4 Å². The molecule has 6 nitrogen and oxygen atoms in total. The van der Waals surface area contributed by atoms with E-state index in [0.717, 1.165) is 5.56 Å². The number of benzene rings is 1. The number of rotatable bonds is 7. The molecule has 0 saturated carbocycles. The second-order valence-electron chi connectivity index (χ2n) is 4.46. The molecule has 0 aliphatic rings. The highest BCUT2D eigenvalue weighted by Crippen LogP contribution is 2.25. The fraction of sp³-hybridized carbons (Fsp3) is 0.333. The summed E-state index contributed by atoms with van der Waals surface area (Å²) < 4.78 is 10.3. The number of methoxy groups -OCH3 is 2. The third kappa shape index (κ3) is 4.14. The number of nitrogens with zero attached hydrogens (tertiary/aromatic N) is 1. The maximum Gasteiger partial charge on any atom is 0.251 e. The van der Waals surface area contributed by atoms with Crippen molar-refractivity contribution in [2.24, 2.45) is 0 Å². The van der Waals surface area contributed by atoms with E-state index in [2.05, 4.69) is 15.3 Å². The Labute approximate surface area is 123 Å². The molecule has 0 radical (unpaired) electrons. The molecule has 0 atom stereocenters. The summed E-state index contributed by atoms with van der Waals surface area (Å²) in [6.07, 6.45) is 0. The highest BCUT2D eigenvalue weighted by Gasteiger charge is 2.09. The monoisotopic (exact) mass is 289 g/mol. The molecule has 0 fully saturated rings. The van der Waals surface area contributed by atoms with Gasteiger partial charge >= 0.3 is 0 Å². The zero-order chi connectivity index (χ0) is 15.1. The van der Waals surface area contributed by atoms with Gasteiger partial charge in [0, 0.05) is 26.3 Å². The lowest BCUT2D eigenvalue weighted by molar-refractivity contribution is 0.199. The van der Waals surface area contributed by atoms with Crippen LogP contribution in [0.25, 0.3) is 11.4 Å². The number of para-hydroxylation sites is 1. The van der Waals surface area contributed by atoms with Gasteiger partial charge in [-0.25, -0.2) is 4.98 Å². The van der Waals surface area contributed by atoms with Gasteiger partial charge < -0.3 is 19.8 Å². The van der Waals surface area contributed by atoms with Crippen LogP contribution in [0.2, 0.25) is 0 Å². The van der Waals surface area contributed by atoms with Crippen molar-refractivity contribution in [2.45, 2.75) is 6.54 Å². The number of aromatic nitrogens is 2. The summed E-state index contributed by atoms with van der Waals surface area (Å²) in [6.45, 7) is 1.83. The lowest BCUT2D eigenvalue weighted by Crippen LogP contribution is -2.21. The van der Waals surface area contributed by atoms with E-state index >= 15 is 0 Å². The molecule has 1 aromatic carbocycles. The Morgan fingerprint density at radius 2 is 2.10 bits per heavy atom. The molecule has 2 N–H and O–H groups in total. The molecule has 2 rings (SSSR count). The molecular weight excluding hydrogens is 270 g/mol. The molecule has 0 unspecified atom stereocenters. The lowest BCUT2D eigenvalue weighted by Gasteiger charge is -2.09. The van der Waals surface area contributed by atoms with E-state index < -0.39 is 0 Å². The van der Waals surface area contributed by atoms with Gasteiger partial charge in [0.2, 0.25) is 0 Å². The van der Waals surface area contributed by atoms with Crippen LogP contribution in [0.15, 0.2) is 35.1 Å². The van der Waals surface area contributed by atoms with Crippen LogP contribution in [-0.2, 0) is 11.3 Å². The first-order valence-electron chi connectivity index (χ1n) is 6.68. The first-order chi connectivity index (χ1) is 10.2. The Morgan fingerprint density at radius 3 is 2.86 bits per heavy atom. The number of nitrogens with one attached hydrogen (secondary N) is 2. The molecule has 0 aliphatic heterocycles. The van der Waals surface area contributed by atoms with E-state index in [1.807, 2.05) is 24.3 Å². The minimum absolute atomic E-state index is 0.186. The quantitative estimate of drug-likeness (QED) is 0.749. The third-order valence-electron chi connectivity index (χ3n) is 2.95. The minimum atomic E-state index is -0.186. The summed E-state index contributed by atoms with van der Waals surface area (Å²) >= 11 is 0. The van der Waals surface area contributed by atoms with Gasteiger partial charge in [-0.3, -0.25) is 4.79 Å². The van der Waals surface area contributed by atoms with Crippen molar-refractivity contribution in [3.8, 4) is 17.1 Å². The summed E-state index contributed by atoms with van der Waals surface area (Å²) in [6, 6.07) is 8.93. The number of hydrogen-bond donors (Lipinski definition) is 2. The molecule has 0 bridgehead atoms. The van der Waals surface area contributed by atoms with Crippen molar-refractivity contribution in [3.05, 3.63) is 46.4 Å². The van der Waals surface area contributed by atoms with E-state index in [1.165, 1.54) is 6.07 Å². The number of H-pyrrole nitrogens is 1. The fourth-order valence-corrected chi connectivity index (χ4v) is 1.96. The van der Waals surface area contributed by atoms with Crippen molar-refractivity contribution in [1.82, 2.24) is 15.3 Å². The maximum absolute atomic E-state index is 11.8. The zero-order valence-electron chi connectivity index (χ0n) is 12.2. The van der Waals surface area contributed by atoms with Crippen molar-refractivity contribution in [3.63, 3.8) is 0 Å². The Morgan fingerprint density at radius 1 is 1.29 bits per heavy atom. The van der Waals surface area contributed by atoms with Crippen molar-refractivity contribution in [1.29, 1.82) is 0 Å². The predicted molar refractivity (Wildman–Crippen MR) is 80.4 cm³/mol. The topological polar surface area (TPSA) is 76.2 Å². The molecule has 2 aromatic rings. The first-order valence-corrected chi connectivity index (χ1v) is 6.68. The fourth-order valence-electron chi connectivity index (χ4n) is 1.96. The molecule has 0 spiro atoms. The van der Waals surface area contributed by atoms with Crippen LogP contribution in [-0.4, -0.2) is 37.3 Å². The van der Waals surface area contributed by atoms with E-state index in [0.29, 0.717) is 37.0 Å². The summed E-state index contributed by atoms with van der Waals surface area (Å²) in [5, 5.41) is 3.17. The SMILES string of the molecule is COCCNCc1cc(=O)[nH]c(-c2ccccc2OC)n1. The standard InChI is InChI=1S/C15H19N3O3/c1-20-8-7-16-10-11-9-14(19)18-15(17-11)12-5-3-4-6-13(12)21-2/h3-6,9,16H,7-8,10H2,1-2H3,(H,17,18,19). The summed E-state index contributed by atoms with van der Waals surface area (Å²) in [5.41, 5.74) is 1.25. The normalized spacial score (nSPS) is 10.6. The van der Waals surface area contributed by atoms with Crippen LogP contribution in [0.3, 0.4) is 0 Å². The van der Waals surface area contributed by atoms with Gasteiger partial charge in [-0.15, -0.1) is 0 Å². The summed E-state index contributed by atoms with van der Waals surface area (Å²) in [5.74, 6) is 1.17. The zero-order valence-corrected chi connectivity index (χ0v) is 12.2. The largest absolute Gasteiger partial charge is 0.496 e. The van der Waals surface area contributed by atoms with Gasteiger partial charge in [-0.2, -0.15) is 0 Å². The minimum Gasteiger partial charge on any atom is -0.496 e. The van der Waals surface area contributed by atoms with Gasteiger partial charge in [0.25, 0.3) is 5.56 Å². The maximum atomic E-state index is 11.8. The van der Waals surface area contributed by atoms with E-state index in [-0.39, 0.29) is 5.56 Å². The Bertz CT molecular complexity index is 640. The molecule has 112 valence electrons. The van der Waals surface area contributed by atoms with Gasteiger partial charge in [0.15, 0.2) is 0 Å². The number of aromatic amines is 1. The first kappa shape index (κ1) is 15.2. The molecule has 1 heterocycles. The van der Waals surface area contributed by atoms with Crippen LogP contribution < -0.4 is 15.6 Å². The molecule has 6 heteroatoms. The Hall–Kier alpha value is -2.18. The molecule has 21 heavy (non-hydrogen) atoms. The predicted octanol–water partition coefficient (Wildman–Crippen LogP) is 1.18. The molecule has 0 saturated heterocycles. The molecular formula is C15H19N3O3. The van der Waals surface area contributed by atoms with Crippen LogP contribution in [0.5, 0.6) is 5.75 Å². The molecule has 1 aromatic heterocycles. The van der Waals surface area contributed by atoms with Crippen LogP contribution in [0.4, 0.5) is 0 Å². The lowest BCUT2D eigenvalue weighted by atomic mass is 10.2.